The number of rotatable bonds is 6. The highest BCUT2D eigenvalue weighted by Crippen LogP contribution is 2.28. The predicted molar refractivity (Wildman–Crippen MR) is 73.5 cm³/mol. The first-order chi connectivity index (χ1) is 8.95. The molecule has 5 nitrogen and oxygen atoms in total. The quantitative estimate of drug-likeness (QED) is 0.486. The number of aryl methyl sites for hydroxylation is 1. The normalized spacial score (nSPS) is 10.6. The summed E-state index contributed by atoms with van der Waals surface area (Å²) in [5, 5.41) is 0. The second-order valence-corrected chi connectivity index (χ2v) is 4.52. The fraction of sp³-hybridized carbons (Fsp3) is 0.500. The number of hydrogen-bond acceptors (Lipinski definition) is 5. The zero-order valence-corrected chi connectivity index (χ0v) is 11.9. The summed E-state index contributed by atoms with van der Waals surface area (Å²) in [6.45, 7) is 6.29. The van der Waals surface area contributed by atoms with Crippen molar-refractivity contribution in [2.45, 2.75) is 26.9 Å². The van der Waals surface area contributed by atoms with E-state index in [0.717, 1.165) is 5.56 Å². The molecular weight excluding hydrogens is 246 g/mol. The molecule has 0 aliphatic heterocycles. The Morgan fingerprint density at radius 1 is 1.32 bits per heavy atom. The van der Waals surface area contributed by atoms with Crippen LogP contribution in [-0.2, 0) is 9.47 Å². The third-order valence-corrected chi connectivity index (χ3v) is 2.39. The number of carbonyl (C=O) groups is 1. The van der Waals surface area contributed by atoms with Gasteiger partial charge in [-0.2, -0.15) is 0 Å². The van der Waals surface area contributed by atoms with Gasteiger partial charge in [-0.3, -0.25) is 0 Å². The fourth-order valence-corrected chi connectivity index (χ4v) is 1.57. The van der Waals surface area contributed by atoms with Crippen molar-refractivity contribution < 1.29 is 19.0 Å². The van der Waals surface area contributed by atoms with Crippen molar-refractivity contribution in [2.75, 3.05) is 26.1 Å². The number of nitrogen functional groups attached to an aromatic ring is 1. The van der Waals surface area contributed by atoms with E-state index in [2.05, 4.69) is 0 Å². The Morgan fingerprint density at radius 2 is 2.00 bits per heavy atom. The van der Waals surface area contributed by atoms with E-state index in [4.69, 9.17) is 19.9 Å². The summed E-state index contributed by atoms with van der Waals surface area (Å²) < 4.78 is 15.6. The van der Waals surface area contributed by atoms with E-state index in [1.807, 2.05) is 6.92 Å². The number of nitrogens with two attached hydrogens (primary N) is 1. The lowest BCUT2D eigenvalue weighted by molar-refractivity contribution is 0.0378. The molecule has 0 atom stereocenters. The largest absolute Gasteiger partial charge is 0.489 e. The van der Waals surface area contributed by atoms with Crippen molar-refractivity contribution in [1.29, 1.82) is 0 Å². The Morgan fingerprint density at radius 3 is 2.58 bits per heavy atom. The van der Waals surface area contributed by atoms with Gasteiger partial charge in [0.05, 0.1) is 24.0 Å². The van der Waals surface area contributed by atoms with Crippen LogP contribution in [0.15, 0.2) is 12.1 Å². The third kappa shape index (κ3) is 4.44. The zero-order valence-electron chi connectivity index (χ0n) is 11.9. The first-order valence-corrected chi connectivity index (χ1v) is 6.18. The van der Waals surface area contributed by atoms with E-state index in [1.165, 1.54) is 0 Å². The van der Waals surface area contributed by atoms with Crippen LogP contribution in [0.1, 0.15) is 29.8 Å². The van der Waals surface area contributed by atoms with Gasteiger partial charge < -0.3 is 19.9 Å². The SMILES string of the molecule is COCCOc1cc(C)cc(C(=O)OC(C)C)c1N. The van der Waals surface area contributed by atoms with E-state index in [0.29, 0.717) is 30.2 Å². The molecule has 0 heterocycles. The van der Waals surface area contributed by atoms with E-state index < -0.39 is 5.97 Å². The van der Waals surface area contributed by atoms with Gasteiger partial charge in [0.2, 0.25) is 0 Å². The van der Waals surface area contributed by atoms with E-state index in [1.54, 1.807) is 33.1 Å². The summed E-state index contributed by atoms with van der Waals surface area (Å²) in [4.78, 5) is 11.9. The minimum atomic E-state index is -0.437. The number of anilines is 1. The van der Waals surface area contributed by atoms with Gasteiger partial charge in [0.15, 0.2) is 0 Å². The molecule has 106 valence electrons. The van der Waals surface area contributed by atoms with Gasteiger partial charge in [0.25, 0.3) is 0 Å². The van der Waals surface area contributed by atoms with Crippen molar-refractivity contribution in [1.82, 2.24) is 0 Å². The standard InChI is InChI=1S/C14H21NO4/c1-9(2)19-14(16)11-7-10(3)8-12(13(11)15)18-6-5-17-4/h7-9H,5-6,15H2,1-4H3. The summed E-state index contributed by atoms with van der Waals surface area (Å²) in [7, 11) is 1.59. The molecule has 1 aromatic carbocycles. The van der Waals surface area contributed by atoms with Crippen LogP contribution in [0, 0.1) is 6.92 Å². The molecule has 5 heteroatoms. The lowest BCUT2D eigenvalue weighted by Gasteiger charge is -2.14. The maximum Gasteiger partial charge on any atom is 0.340 e. The highest BCUT2D eigenvalue weighted by Gasteiger charge is 2.17. The average molecular weight is 267 g/mol. The summed E-state index contributed by atoms with van der Waals surface area (Å²) >= 11 is 0. The molecule has 0 aromatic heterocycles. The molecule has 0 aliphatic carbocycles. The van der Waals surface area contributed by atoms with Crippen molar-refractivity contribution in [3.63, 3.8) is 0 Å². The number of benzene rings is 1. The van der Waals surface area contributed by atoms with E-state index in [9.17, 15) is 4.79 Å². The van der Waals surface area contributed by atoms with Gasteiger partial charge in [-0.25, -0.2) is 4.79 Å². The minimum Gasteiger partial charge on any atom is -0.489 e. The predicted octanol–water partition coefficient (Wildman–Crippen LogP) is 2.17. The van der Waals surface area contributed by atoms with Crippen molar-refractivity contribution in [2.24, 2.45) is 0 Å². The van der Waals surface area contributed by atoms with Gasteiger partial charge in [-0.05, 0) is 38.5 Å². The molecule has 19 heavy (non-hydrogen) atoms. The van der Waals surface area contributed by atoms with Crippen LogP contribution in [0.4, 0.5) is 5.69 Å². The van der Waals surface area contributed by atoms with Crippen molar-refractivity contribution in [3.8, 4) is 5.75 Å². The highest BCUT2D eigenvalue weighted by atomic mass is 16.5. The molecule has 0 fully saturated rings. The monoisotopic (exact) mass is 267 g/mol. The van der Waals surface area contributed by atoms with Crippen LogP contribution in [0.3, 0.4) is 0 Å². The maximum absolute atomic E-state index is 11.9. The van der Waals surface area contributed by atoms with Crippen molar-refractivity contribution >= 4 is 11.7 Å². The second-order valence-electron chi connectivity index (χ2n) is 4.52. The second kappa shape index (κ2) is 6.99. The molecule has 0 spiro atoms. The number of esters is 1. The van der Waals surface area contributed by atoms with Crippen LogP contribution >= 0.6 is 0 Å². The van der Waals surface area contributed by atoms with Crippen LogP contribution in [-0.4, -0.2) is 32.4 Å². The van der Waals surface area contributed by atoms with Crippen LogP contribution in [0.2, 0.25) is 0 Å². The number of carbonyl (C=O) groups excluding carboxylic acids is 1. The topological polar surface area (TPSA) is 70.8 Å². The average Bonchev–Trinajstić information content (AvgIpc) is 2.32. The highest BCUT2D eigenvalue weighted by molar-refractivity contribution is 5.97. The Bertz CT molecular complexity index is 443. The molecule has 0 bridgehead atoms. The number of hydrogen-bond donors (Lipinski definition) is 1. The Kier molecular flexibility index (Phi) is 5.63. The Labute approximate surface area is 113 Å². The fourth-order valence-electron chi connectivity index (χ4n) is 1.57. The summed E-state index contributed by atoms with van der Waals surface area (Å²) in [5.74, 6) is 0.0422. The molecule has 0 amide bonds. The van der Waals surface area contributed by atoms with Gasteiger partial charge in [0, 0.05) is 7.11 Å². The Hall–Kier alpha value is -1.75. The first-order valence-electron chi connectivity index (χ1n) is 6.18. The lowest BCUT2D eigenvalue weighted by atomic mass is 10.1. The molecule has 0 aliphatic rings. The summed E-state index contributed by atoms with van der Waals surface area (Å²) in [6.07, 6.45) is -0.190. The smallest absolute Gasteiger partial charge is 0.340 e. The van der Waals surface area contributed by atoms with Gasteiger partial charge in [-0.15, -0.1) is 0 Å². The minimum absolute atomic E-state index is 0.190. The Balaban J connectivity index is 2.95. The molecule has 1 aromatic rings. The molecule has 2 N–H and O–H groups in total. The molecule has 0 radical (unpaired) electrons. The molecular formula is C14H21NO4. The van der Waals surface area contributed by atoms with Crippen LogP contribution in [0.25, 0.3) is 0 Å². The van der Waals surface area contributed by atoms with E-state index in [-0.39, 0.29) is 6.10 Å². The third-order valence-electron chi connectivity index (χ3n) is 2.39. The molecule has 0 saturated carbocycles. The van der Waals surface area contributed by atoms with E-state index >= 15 is 0 Å². The van der Waals surface area contributed by atoms with Gasteiger partial charge >= 0.3 is 5.97 Å². The first kappa shape index (κ1) is 15.3. The van der Waals surface area contributed by atoms with Crippen LogP contribution in [0.5, 0.6) is 5.75 Å². The maximum atomic E-state index is 11.9. The number of methoxy groups -OCH3 is 1. The summed E-state index contributed by atoms with van der Waals surface area (Å²) in [5.41, 5.74) is 7.46. The lowest BCUT2D eigenvalue weighted by Crippen LogP contribution is -2.15. The molecule has 0 saturated heterocycles. The van der Waals surface area contributed by atoms with Gasteiger partial charge in [-0.1, -0.05) is 0 Å². The molecule has 1 rings (SSSR count). The van der Waals surface area contributed by atoms with Gasteiger partial charge in [0.1, 0.15) is 12.4 Å². The summed E-state index contributed by atoms with van der Waals surface area (Å²) in [6, 6.07) is 3.49. The van der Waals surface area contributed by atoms with Crippen molar-refractivity contribution in [3.05, 3.63) is 23.3 Å². The number of ether oxygens (including phenoxy) is 3. The molecule has 0 unspecified atom stereocenters. The zero-order chi connectivity index (χ0) is 14.4. The van der Waals surface area contributed by atoms with Crippen LogP contribution < -0.4 is 10.5 Å².